The second-order valence-corrected chi connectivity index (χ2v) is 7.80. The summed E-state index contributed by atoms with van der Waals surface area (Å²) >= 11 is 18.2. The number of nitrogens with zero attached hydrogens (tertiary/aromatic N) is 3. The summed E-state index contributed by atoms with van der Waals surface area (Å²) in [6.45, 7) is 0. The molecule has 0 saturated heterocycles. The van der Waals surface area contributed by atoms with Gasteiger partial charge in [-0.1, -0.05) is 23.2 Å². The van der Waals surface area contributed by atoms with Gasteiger partial charge in [-0.2, -0.15) is 23.5 Å². The molecule has 0 spiro atoms. The van der Waals surface area contributed by atoms with Gasteiger partial charge in [0.25, 0.3) is 0 Å². The molecule has 2 aromatic rings. The normalized spacial score (nSPS) is 11.2. The van der Waals surface area contributed by atoms with Crippen LogP contribution in [-0.2, 0) is 6.18 Å². The third kappa shape index (κ3) is 4.10. The largest absolute Gasteiger partial charge is 0.416 e. The summed E-state index contributed by atoms with van der Waals surface area (Å²) in [5.74, 6) is 0. The number of nitriles is 1. The van der Waals surface area contributed by atoms with Crippen LogP contribution >= 0.6 is 55.1 Å². The van der Waals surface area contributed by atoms with E-state index in [-0.39, 0.29) is 21.4 Å². The van der Waals surface area contributed by atoms with Crippen LogP contribution in [0.1, 0.15) is 16.8 Å². The molecule has 1 heterocycles. The minimum absolute atomic E-state index is 0.0585. The maximum atomic E-state index is 12.7. The Morgan fingerprint density at radius 1 is 1.26 bits per heavy atom. The van der Waals surface area contributed by atoms with Crippen molar-refractivity contribution in [2.75, 3.05) is 0 Å². The monoisotopic (exact) mass is 487 g/mol. The number of rotatable bonds is 2. The lowest BCUT2D eigenvalue weighted by Gasteiger charge is -2.12. The van der Waals surface area contributed by atoms with Crippen LogP contribution in [0.3, 0.4) is 0 Å². The van der Waals surface area contributed by atoms with Crippen molar-refractivity contribution in [3.05, 3.63) is 48.6 Å². The SMILES string of the molecule is N#Cc1nn(-c2c(Cl)cc(C(F)(F)F)cc2Cl)cc1C=C(Br)Br. The summed E-state index contributed by atoms with van der Waals surface area (Å²) in [4.78, 5) is 0. The molecular formula is C13H4Br2Cl2F3N3. The average Bonchev–Trinajstić information content (AvgIpc) is 2.78. The van der Waals surface area contributed by atoms with E-state index < -0.39 is 11.7 Å². The fraction of sp³-hybridized carbons (Fsp3) is 0.0769. The molecule has 0 saturated carbocycles. The Balaban J connectivity index is 2.62. The summed E-state index contributed by atoms with van der Waals surface area (Å²) in [6.07, 6.45) is -1.57. The highest BCUT2D eigenvalue weighted by atomic mass is 79.9. The van der Waals surface area contributed by atoms with E-state index in [0.29, 0.717) is 8.96 Å². The quantitative estimate of drug-likeness (QED) is 0.507. The van der Waals surface area contributed by atoms with E-state index in [2.05, 4.69) is 37.0 Å². The second-order valence-electron chi connectivity index (χ2n) is 4.21. The average molecular weight is 490 g/mol. The Bertz CT molecular complexity index is 811. The van der Waals surface area contributed by atoms with E-state index in [1.54, 1.807) is 6.08 Å². The molecule has 0 aliphatic carbocycles. The molecule has 0 aliphatic rings. The molecule has 1 aromatic heterocycles. The van der Waals surface area contributed by atoms with Crippen LogP contribution < -0.4 is 0 Å². The number of benzene rings is 1. The Morgan fingerprint density at radius 2 is 1.83 bits per heavy atom. The van der Waals surface area contributed by atoms with E-state index in [0.717, 1.165) is 16.8 Å². The zero-order chi connectivity index (χ0) is 17.4. The first-order valence-electron chi connectivity index (χ1n) is 5.72. The van der Waals surface area contributed by atoms with Gasteiger partial charge in [-0.25, -0.2) is 4.68 Å². The highest BCUT2D eigenvalue weighted by Crippen LogP contribution is 2.37. The summed E-state index contributed by atoms with van der Waals surface area (Å²) in [6, 6.07) is 3.39. The van der Waals surface area contributed by atoms with Crippen LogP contribution in [0.4, 0.5) is 13.2 Å². The van der Waals surface area contributed by atoms with Crippen molar-refractivity contribution < 1.29 is 13.2 Å². The van der Waals surface area contributed by atoms with Gasteiger partial charge < -0.3 is 0 Å². The first-order chi connectivity index (χ1) is 10.6. The van der Waals surface area contributed by atoms with Gasteiger partial charge in [0.05, 0.1) is 19.0 Å². The number of aromatic nitrogens is 2. The summed E-state index contributed by atoms with van der Waals surface area (Å²) in [7, 11) is 0. The maximum absolute atomic E-state index is 12.7. The first kappa shape index (κ1) is 18.3. The predicted molar refractivity (Wildman–Crippen MR) is 89.1 cm³/mol. The molecule has 0 amide bonds. The molecule has 3 nitrogen and oxygen atoms in total. The van der Waals surface area contributed by atoms with Crippen molar-refractivity contribution in [3.8, 4) is 11.8 Å². The molecule has 1 aromatic carbocycles. The van der Waals surface area contributed by atoms with Gasteiger partial charge in [0.1, 0.15) is 11.8 Å². The van der Waals surface area contributed by atoms with E-state index >= 15 is 0 Å². The fourth-order valence-electron chi connectivity index (χ4n) is 1.76. The van der Waals surface area contributed by atoms with Crippen molar-refractivity contribution in [1.29, 1.82) is 5.26 Å². The summed E-state index contributed by atoms with van der Waals surface area (Å²) in [5, 5.41) is 12.6. The number of hydrogen-bond donors (Lipinski definition) is 0. The fourth-order valence-corrected chi connectivity index (χ4v) is 2.91. The lowest BCUT2D eigenvalue weighted by Crippen LogP contribution is -2.07. The maximum Gasteiger partial charge on any atom is 0.416 e. The van der Waals surface area contributed by atoms with Gasteiger partial charge in [-0.05, 0) is 50.1 Å². The van der Waals surface area contributed by atoms with Gasteiger partial charge in [-0.15, -0.1) is 0 Å². The van der Waals surface area contributed by atoms with E-state index in [1.165, 1.54) is 6.20 Å². The van der Waals surface area contributed by atoms with Crippen molar-refractivity contribution in [2.24, 2.45) is 0 Å². The predicted octanol–water partition coefficient (Wildman–Crippen LogP) is 6.16. The molecule has 0 atom stereocenters. The lowest BCUT2D eigenvalue weighted by molar-refractivity contribution is -0.137. The summed E-state index contributed by atoms with van der Waals surface area (Å²) in [5.41, 5.74) is -0.410. The third-order valence-electron chi connectivity index (χ3n) is 2.69. The zero-order valence-corrected chi connectivity index (χ0v) is 15.5. The van der Waals surface area contributed by atoms with Crippen LogP contribution in [0.2, 0.25) is 10.0 Å². The molecule has 23 heavy (non-hydrogen) atoms. The Morgan fingerprint density at radius 3 is 2.26 bits per heavy atom. The Labute approximate surface area is 155 Å². The van der Waals surface area contributed by atoms with E-state index in [1.807, 2.05) is 6.07 Å². The van der Waals surface area contributed by atoms with Crippen LogP contribution in [0.15, 0.2) is 21.7 Å². The molecule has 120 valence electrons. The van der Waals surface area contributed by atoms with Crippen molar-refractivity contribution >= 4 is 61.1 Å². The van der Waals surface area contributed by atoms with Gasteiger partial charge in [-0.3, -0.25) is 0 Å². The number of alkyl halides is 3. The van der Waals surface area contributed by atoms with Crippen LogP contribution in [0, 0.1) is 11.3 Å². The third-order valence-corrected chi connectivity index (χ3v) is 3.72. The topological polar surface area (TPSA) is 41.6 Å². The molecule has 0 radical (unpaired) electrons. The first-order valence-corrected chi connectivity index (χ1v) is 8.06. The van der Waals surface area contributed by atoms with Crippen LogP contribution in [-0.4, -0.2) is 9.78 Å². The van der Waals surface area contributed by atoms with Crippen molar-refractivity contribution in [2.45, 2.75) is 6.18 Å². The molecule has 0 aliphatic heterocycles. The molecule has 0 bridgehead atoms. The van der Waals surface area contributed by atoms with Crippen LogP contribution in [0.5, 0.6) is 0 Å². The molecular weight excluding hydrogens is 486 g/mol. The Kier molecular flexibility index (Phi) is 5.46. The standard InChI is InChI=1S/C13H4Br2Cl2F3N3/c14-11(15)1-6-5-23(22-10(6)4-21)12-8(16)2-7(3-9(12)17)13(18,19)20/h1-3,5H. The molecule has 2 rings (SSSR count). The van der Waals surface area contributed by atoms with E-state index in [9.17, 15) is 13.2 Å². The van der Waals surface area contributed by atoms with Crippen LogP contribution in [0.25, 0.3) is 11.8 Å². The minimum Gasteiger partial charge on any atom is -0.236 e. The van der Waals surface area contributed by atoms with Gasteiger partial charge in [0, 0.05) is 11.8 Å². The zero-order valence-electron chi connectivity index (χ0n) is 10.8. The van der Waals surface area contributed by atoms with Gasteiger partial charge in [0.2, 0.25) is 0 Å². The molecule has 0 fully saturated rings. The Hall–Kier alpha value is -1.01. The lowest BCUT2D eigenvalue weighted by atomic mass is 10.2. The molecule has 10 heteroatoms. The highest BCUT2D eigenvalue weighted by molar-refractivity contribution is 9.28. The van der Waals surface area contributed by atoms with E-state index in [4.69, 9.17) is 28.5 Å². The van der Waals surface area contributed by atoms with Gasteiger partial charge >= 0.3 is 6.18 Å². The molecule has 0 N–H and O–H groups in total. The van der Waals surface area contributed by atoms with Crippen molar-refractivity contribution in [1.82, 2.24) is 9.78 Å². The number of hydrogen-bond acceptors (Lipinski definition) is 2. The smallest absolute Gasteiger partial charge is 0.236 e. The van der Waals surface area contributed by atoms with Crippen molar-refractivity contribution in [3.63, 3.8) is 0 Å². The summed E-state index contributed by atoms with van der Waals surface area (Å²) < 4.78 is 40.0. The molecule has 0 unspecified atom stereocenters. The van der Waals surface area contributed by atoms with Gasteiger partial charge in [0.15, 0.2) is 5.69 Å². The minimum atomic E-state index is -4.57. The second kappa shape index (κ2) is 6.85. The number of halogens is 7. The highest BCUT2D eigenvalue weighted by Gasteiger charge is 2.32.